The molecule has 2 rings (SSSR count). The fourth-order valence-corrected chi connectivity index (χ4v) is 2.15. The zero-order valence-corrected chi connectivity index (χ0v) is 11.1. The van der Waals surface area contributed by atoms with E-state index in [1.165, 1.54) is 5.56 Å². The molecule has 4 heteroatoms. The minimum Gasteiger partial charge on any atom is -0.296 e. The van der Waals surface area contributed by atoms with Crippen LogP contribution in [0.2, 0.25) is 0 Å². The maximum absolute atomic E-state index is 5.86. The van der Waals surface area contributed by atoms with Gasteiger partial charge < -0.3 is 0 Å². The van der Waals surface area contributed by atoms with Crippen LogP contribution in [0, 0.1) is 0 Å². The van der Waals surface area contributed by atoms with Crippen LogP contribution in [0.3, 0.4) is 0 Å². The van der Waals surface area contributed by atoms with Gasteiger partial charge in [-0.1, -0.05) is 30.3 Å². The second-order valence-corrected chi connectivity index (χ2v) is 4.60. The third kappa shape index (κ3) is 4.17. The largest absolute Gasteiger partial charge is 0.296 e. The molecule has 0 aliphatic heterocycles. The van der Waals surface area contributed by atoms with Crippen LogP contribution in [0.5, 0.6) is 0 Å². The number of nitrogens with zero attached hydrogens (tertiary/aromatic N) is 3. The number of aromatic nitrogens is 2. The molecule has 0 fully saturated rings. The Labute approximate surface area is 113 Å². The third-order valence-corrected chi connectivity index (χ3v) is 3.02. The van der Waals surface area contributed by atoms with Crippen LogP contribution >= 0.6 is 11.6 Å². The molecule has 0 amide bonds. The predicted molar refractivity (Wildman–Crippen MR) is 74.7 cm³/mol. The Morgan fingerprint density at radius 2 is 1.94 bits per heavy atom. The van der Waals surface area contributed by atoms with Crippen molar-refractivity contribution in [2.24, 2.45) is 0 Å². The summed E-state index contributed by atoms with van der Waals surface area (Å²) >= 11 is 5.86. The summed E-state index contributed by atoms with van der Waals surface area (Å²) in [6.45, 7) is 3.70. The molecule has 96 valence electrons. The molecule has 0 aliphatic rings. The minimum absolute atomic E-state index is 0.659. The number of hydrogen-bond acceptors (Lipinski definition) is 2. The lowest BCUT2D eigenvalue weighted by Gasteiger charge is -2.21. The van der Waals surface area contributed by atoms with Gasteiger partial charge in [-0.05, 0) is 11.6 Å². The Bertz CT molecular complexity index is 428. The quantitative estimate of drug-likeness (QED) is 0.716. The molecule has 0 unspecified atom stereocenters. The molecule has 3 nitrogen and oxygen atoms in total. The topological polar surface area (TPSA) is 21.1 Å². The lowest BCUT2D eigenvalue weighted by Crippen LogP contribution is -2.29. The average molecular weight is 264 g/mol. The summed E-state index contributed by atoms with van der Waals surface area (Å²) in [5.41, 5.74) is 1.32. The standard InChI is InChI=1S/C14H18ClN3/c15-7-10-17(11-12-18-9-4-8-16-18)13-14-5-2-1-3-6-14/h1-6,8-9H,7,10-13H2. The van der Waals surface area contributed by atoms with E-state index in [1.54, 1.807) is 0 Å². The maximum Gasteiger partial charge on any atom is 0.0536 e. The lowest BCUT2D eigenvalue weighted by molar-refractivity contribution is 0.265. The molecule has 0 atom stereocenters. The SMILES string of the molecule is ClCCN(CCn1cccn1)Cc1ccccc1. The van der Waals surface area contributed by atoms with Crippen LogP contribution in [0.25, 0.3) is 0 Å². The normalized spacial score (nSPS) is 11.0. The zero-order chi connectivity index (χ0) is 12.6. The van der Waals surface area contributed by atoms with Gasteiger partial charge in [0.2, 0.25) is 0 Å². The predicted octanol–water partition coefficient (Wildman–Crippen LogP) is 2.62. The summed E-state index contributed by atoms with van der Waals surface area (Å²) in [5, 5.41) is 4.21. The molecule has 0 aliphatic carbocycles. The summed E-state index contributed by atoms with van der Waals surface area (Å²) in [6, 6.07) is 12.4. The van der Waals surface area contributed by atoms with E-state index < -0.39 is 0 Å². The fraction of sp³-hybridized carbons (Fsp3) is 0.357. The van der Waals surface area contributed by atoms with Gasteiger partial charge in [-0.3, -0.25) is 9.58 Å². The van der Waals surface area contributed by atoms with Crippen molar-refractivity contribution in [2.45, 2.75) is 13.1 Å². The van der Waals surface area contributed by atoms with E-state index in [-0.39, 0.29) is 0 Å². The Hall–Kier alpha value is -1.32. The van der Waals surface area contributed by atoms with E-state index in [0.717, 1.165) is 26.2 Å². The van der Waals surface area contributed by atoms with Crippen LogP contribution in [0.1, 0.15) is 5.56 Å². The van der Waals surface area contributed by atoms with Gasteiger partial charge in [0.25, 0.3) is 0 Å². The molecule has 2 aromatic rings. The highest BCUT2D eigenvalue weighted by Crippen LogP contribution is 2.05. The van der Waals surface area contributed by atoms with Crippen LogP contribution in [-0.2, 0) is 13.1 Å². The molecule has 0 radical (unpaired) electrons. The minimum atomic E-state index is 0.659. The van der Waals surface area contributed by atoms with Gasteiger partial charge in [-0.15, -0.1) is 11.6 Å². The van der Waals surface area contributed by atoms with Gasteiger partial charge in [0.1, 0.15) is 0 Å². The van der Waals surface area contributed by atoms with E-state index in [4.69, 9.17) is 11.6 Å². The summed E-state index contributed by atoms with van der Waals surface area (Å²) in [6.07, 6.45) is 3.80. The Balaban J connectivity index is 1.87. The summed E-state index contributed by atoms with van der Waals surface area (Å²) in [4.78, 5) is 2.35. The highest BCUT2D eigenvalue weighted by molar-refractivity contribution is 6.18. The lowest BCUT2D eigenvalue weighted by atomic mass is 10.2. The number of halogens is 1. The Morgan fingerprint density at radius 3 is 2.61 bits per heavy atom. The summed E-state index contributed by atoms with van der Waals surface area (Å²) in [5.74, 6) is 0.659. The van der Waals surface area contributed by atoms with Crippen molar-refractivity contribution in [3.05, 3.63) is 54.4 Å². The van der Waals surface area contributed by atoms with Crippen molar-refractivity contribution >= 4 is 11.6 Å². The second kappa shape index (κ2) is 7.19. The first-order valence-electron chi connectivity index (χ1n) is 6.18. The summed E-state index contributed by atoms with van der Waals surface area (Å²) in [7, 11) is 0. The molecule has 0 saturated heterocycles. The Morgan fingerprint density at radius 1 is 1.11 bits per heavy atom. The molecule has 0 spiro atoms. The molecule has 1 heterocycles. The van der Waals surface area contributed by atoms with Crippen molar-refractivity contribution in [1.82, 2.24) is 14.7 Å². The molecule has 18 heavy (non-hydrogen) atoms. The number of hydrogen-bond donors (Lipinski definition) is 0. The number of benzene rings is 1. The van der Waals surface area contributed by atoms with E-state index in [2.05, 4.69) is 34.3 Å². The summed E-state index contributed by atoms with van der Waals surface area (Å²) < 4.78 is 1.95. The van der Waals surface area contributed by atoms with Gasteiger partial charge in [0.15, 0.2) is 0 Å². The van der Waals surface area contributed by atoms with E-state index in [1.807, 2.05) is 29.2 Å². The van der Waals surface area contributed by atoms with E-state index in [9.17, 15) is 0 Å². The maximum atomic E-state index is 5.86. The average Bonchev–Trinajstić information content (AvgIpc) is 2.91. The van der Waals surface area contributed by atoms with Crippen LogP contribution < -0.4 is 0 Å². The van der Waals surface area contributed by atoms with Gasteiger partial charge in [-0.25, -0.2) is 0 Å². The van der Waals surface area contributed by atoms with E-state index >= 15 is 0 Å². The second-order valence-electron chi connectivity index (χ2n) is 4.22. The van der Waals surface area contributed by atoms with Crippen molar-refractivity contribution in [3.63, 3.8) is 0 Å². The van der Waals surface area contributed by atoms with Crippen molar-refractivity contribution in [3.8, 4) is 0 Å². The number of rotatable bonds is 7. The van der Waals surface area contributed by atoms with E-state index in [0.29, 0.717) is 5.88 Å². The molecular formula is C14H18ClN3. The van der Waals surface area contributed by atoms with Crippen molar-refractivity contribution < 1.29 is 0 Å². The zero-order valence-electron chi connectivity index (χ0n) is 10.4. The monoisotopic (exact) mass is 263 g/mol. The molecule has 0 saturated carbocycles. The van der Waals surface area contributed by atoms with Gasteiger partial charge >= 0.3 is 0 Å². The highest BCUT2D eigenvalue weighted by atomic mass is 35.5. The van der Waals surface area contributed by atoms with Gasteiger partial charge in [0.05, 0.1) is 6.54 Å². The van der Waals surface area contributed by atoms with Gasteiger partial charge in [0, 0.05) is 37.9 Å². The first kappa shape index (κ1) is 13.1. The van der Waals surface area contributed by atoms with Crippen molar-refractivity contribution in [1.29, 1.82) is 0 Å². The third-order valence-electron chi connectivity index (χ3n) is 2.85. The smallest absolute Gasteiger partial charge is 0.0536 e. The van der Waals surface area contributed by atoms with Gasteiger partial charge in [-0.2, -0.15) is 5.10 Å². The molecule has 0 N–H and O–H groups in total. The molecule has 0 bridgehead atoms. The van der Waals surface area contributed by atoms with Crippen LogP contribution in [0.15, 0.2) is 48.8 Å². The first-order chi connectivity index (χ1) is 8.88. The molecular weight excluding hydrogens is 246 g/mol. The highest BCUT2D eigenvalue weighted by Gasteiger charge is 2.05. The molecule has 1 aromatic carbocycles. The number of alkyl halides is 1. The van der Waals surface area contributed by atoms with Crippen LogP contribution in [0.4, 0.5) is 0 Å². The van der Waals surface area contributed by atoms with Crippen molar-refractivity contribution in [2.75, 3.05) is 19.0 Å². The van der Waals surface area contributed by atoms with Crippen LogP contribution in [-0.4, -0.2) is 33.6 Å². The molecule has 1 aromatic heterocycles. The first-order valence-corrected chi connectivity index (χ1v) is 6.71. The fourth-order valence-electron chi connectivity index (χ4n) is 1.91. The Kier molecular flexibility index (Phi) is 5.24.